The quantitative estimate of drug-likeness (QED) is 0.373. The summed E-state index contributed by atoms with van der Waals surface area (Å²) in [6.45, 7) is 5.11. The van der Waals surface area contributed by atoms with Crippen molar-refractivity contribution in [3.63, 3.8) is 0 Å². The minimum Gasteiger partial charge on any atom is -0.789 e. The van der Waals surface area contributed by atoms with Gasteiger partial charge in [-0.15, -0.1) is 0 Å². The van der Waals surface area contributed by atoms with Crippen molar-refractivity contribution in [2.24, 2.45) is 35.0 Å². The molecule has 112 valence electrons. The zero-order chi connectivity index (χ0) is 13.9. The summed E-state index contributed by atoms with van der Waals surface area (Å²) >= 11 is 5.60. The Kier molecular flexibility index (Phi) is 5.48. The molecule has 7 unspecified atom stereocenters. The fourth-order valence-corrected chi connectivity index (χ4v) is 6.87. The summed E-state index contributed by atoms with van der Waals surface area (Å²) in [6, 6.07) is 0. The van der Waals surface area contributed by atoms with Gasteiger partial charge < -0.3 is 12.6 Å². The average Bonchev–Trinajstić information content (AvgIpc) is 2.82. The van der Waals surface area contributed by atoms with Gasteiger partial charge in [-0.2, -0.15) is 5.25 Å². The molecule has 0 saturated heterocycles. The number of rotatable bonds is 0. The molecule has 3 fully saturated rings. The Morgan fingerprint density at radius 1 is 1.05 bits per heavy atom. The summed E-state index contributed by atoms with van der Waals surface area (Å²) in [5.74, 6) is 5.11. The van der Waals surface area contributed by atoms with Crippen LogP contribution in [-0.2, 0) is 12.6 Å². The molecular formula is C19H29KS. The third-order valence-corrected chi connectivity index (χ3v) is 8.14. The molecule has 4 aliphatic carbocycles. The van der Waals surface area contributed by atoms with Gasteiger partial charge in [0, 0.05) is 0 Å². The van der Waals surface area contributed by atoms with Crippen LogP contribution in [0, 0.1) is 35.0 Å². The van der Waals surface area contributed by atoms with Crippen LogP contribution >= 0.6 is 0 Å². The van der Waals surface area contributed by atoms with Gasteiger partial charge in [0.15, 0.2) is 0 Å². The minimum absolute atomic E-state index is 0. The van der Waals surface area contributed by atoms with E-state index in [2.05, 4.69) is 19.9 Å². The molecule has 0 heterocycles. The van der Waals surface area contributed by atoms with Crippen molar-refractivity contribution in [1.82, 2.24) is 0 Å². The first-order chi connectivity index (χ1) is 9.59. The Morgan fingerprint density at radius 3 is 2.62 bits per heavy atom. The van der Waals surface area contributed by atoms with Crippen LogP contribution in [0.2, 0.25) is 0 Å². The molecule has 0 amide bonds. The number of hydrogen-bond acceptors (Lipinski definition) is 1. The summed E-state index contributed by atoms with van der Waals surface area (Å²) < 4.78 is 0. The Balaban J connectivity index is 0.00000132. The molecule has 0 bridgehead atoms. The predicted octanol–water partition coefficient (Wildman–Crippen LogP) is 2.11. The average molecular weight is 329 g/mol. The molecule has 0 aromatic rings. The first kappa shape index (κ1) is 17.5. The monoisotopic (exact) mass is 328 g/mol. The predicted molar refractivity (Wildman–Crippen MR) is 87.4 cm³/mol. The van der Waals surface area contributed by atoms with E-state index in [9.17, 15) is 0 Å². The van der Waals surface area contributed by atoms with Crippen molar-refractivity contribution < 1.29 is 51.4 Å². The van der Waals surface area contributed by atoms with Crippen molar-refractivity contribution in [2.75, 3.05) is 0 Å². The zero-order valence-electron chi connectivity index (χ0n) is 14.1. The molecule has 0 radical (unpaired) electrons. The van der Waals surface area contributed by atoms with E-state index in [1.807, 2.05) is 0 Å². The van der Waals surface area contributed by atoms with Crippen molar-refractivity contribution in [1.29, 1.82) is 0 Å². The summed E-state index contributed by atoms with van der Waals surface area (Å²) in [4.78, 5) is 0. The van der Waals surface area contributed by atoms with E-state index in [1.165, 1.54) is 51.4 Å². The molecule has 0 spiro atoms. The van der Waals surface area contributed by atoms with Gasteiger partial charge in [-0.1, -0.05) is 44.8 Å². The fraction of sp³-hybridized carbons (Fsp3) is 0.895. The molecule has 0 nitrogen and oxygen atoms in total. The van der Waals surface area contributed by atoms with E-state index >= 15 is 0 Å². The maximum Gasteiger partial charge on any atom is 1.00 e. The molecule has 2 heteroatoms. The second kappa shape index (κ2) is 6.56. The van der Waals surface area contributed by atoms with Gasteiger partial charge in [0.05, 0.1) is 0 Å². The maximum atomic E-state index is 5.60. The summed E-state index contributed by atoms with van der Waals surface area (Å²) in [5.41, 5.74) is 2.28. The van der Waals surface area contributed by atoms with Gasteiger partial charge in [0.2, 0.25) is 0 Å². The zero-order valence-corrected chi connectivity index (χ0v) is 18.0. The Labute approximate surface area is 179 Å². The third kappa shape index (κ3) is 2.82. The van der Waals surface area contributed by atoms with Crippen LogP contribution in [0.1, 0.15) is 65.2 Å². The van der Waals surface area contributed by atoms with Gasteiger partial charge >= 0.3 is 51.4 Å². The van der Waals surface area contributed by atoms with Crippen LogP contribution in [0.15, 0.2) is 11.6 Å². The second-order valence-electron chi connectivity index (χ2n) is 8.48. The molecule has 0 aliphatic heterocycles. The maximum absolute atomic E-state index is 5.60. The standard InChI is InChI=1S/C19H30S.K/c1-12-3-5-16-15(12)7-8-18-17(16)6-4-13-11-14(20)9-10-19(13,18)2;/h4,12,14-18,20H,3,5-11H2,1-2H3;/q;+1/p-1. The number of hydrogen-bond donors (Lipinski definition) is 0. The molecule has 0 aromatic heterocycles. The van der Waals surface area contributed by atoms with Gasteiger partial charge in [-0.3, -0.25) is 0 Å². The van der Waals surface area contributed by atoms with Crippen LogP contribution < -0.4 is 51.4 Å². The van der Waals surface area contributed by atoms with Crippen LogP contribution in [0.25, 0.3) is 0 Å². The SMILES string of the molecule is CC1CCC2C1CCC1C2CC=C2CC([S-])CCC21C.[K+]. The van der Waals surface area contributed by atoms with E-state index in [1.54, 1.807) is 5.57 Å². The van der Waals surface area contributed by atoms with Crippen molar-refractivity contribution in [3.05, 3.63) is 11.6 Å². The molecule has 0 aromatic carbocycles. The van der Waals surface area contributed by atoms with E-state index in [4.69, 9.17) is 12.6 Å². The Hall–Kier alpha value is 1.73. The molecule has 4 rings (SSSR count). The smallest absolute Gasteiger partial charge is 0.789 e. The number of allylic oxidation sites excluding steroid dienone is 2. The fourth-order valence-electron chi connectivity index (χ4n) is 6.57. The van der Waals surface area contributed by atoms with Gasteiger partial charge in [0.25, 0.3) is 0 Å². The first-order valence-electron chi connectivity index (χ1n) is 8.95. The topological polar surface area (TPSA) is 0 Å². The van der Waals surface area contributed by atoms with Gasteiger partial charge in [-0.25, -0.2) is 0 Å². The summed E-state index contributed by atoms with van der Waals surface area (Å²) in [7, 11) is 0. The van der Waals surface area contributed by atoms with E-state index in [-0.39, 0.29) is 51.4 Å². The van der Waals surface area contributed by atoms with E-state index in [0.717, 1.165) is 29.6 Å². The molecule has 0 N–H and O–H groups in total. The van der Waals surface area contributed by atoms with Crippen molar-refractivity contribution >= 4 is 12.6 Å². The van der Waals surface area contributed by atoms with Crippen LogP contribution in [-0.4, -0.2) is 5.25 Å². The Morgan fingerprint density at radius 2 is 1.81 bits per heavy atom. The molecule has 3 saturated carbocycles. The number of fused-ring (bicyclic) bond motifs is 5. The van der Waals surface area contributed by atoms with Crippen molar-refractivity contribution in [3.8, 4) is 0 Å². The van der Waals surface area contributed by atoms with E-state index in [0.29, 0.717) is 10.7 Å². The Bertz CT molecular complexity index is 431. The van der Waals surface area contributed by atoms with Crippen LogP contribution in [0.5, 0.6) is 0 Å². The van der Waals surface area contributed by atoms with Crippen LogP contribution in [0.4, 0.5) is 0 Å². The normalized spacial score (nSPS) is 52.0. The molecule has 21 heavy (non-hydrogen) atoms. The van der Waals surface area contributed by atoms with E-state index < -0.39 is 0 Å². The van der Waals surface area contributed by atoms with Gasteiger partial charge in [-0.05, 0) is 67.1 Å². The second-order valence-corrected chi connectivity index (χ2v) is 9.14. The summed E-state index contributed by atoms with van der Waals surface area (Å²) in [5, 5.41) is 0.522. The first-order valence-corrected chi connectivity index (χ1v) is 9.42. The summed E-state index contributed by atoms with van der Waals surface area (Å²) in [6.07, 6.45) is 14.0. The largest absolute Gasteiger partial charge is 1.00 e. The van der Waals surface area contributed by atoms with Crippen molar-refractivity contribution in [2.45, 2.75) is 70.5 Å². The molecule has 7 atom stereocenters. The molecular weight excluding hydrogens is 299 g/mol. The molecule has 4 aliphatic rings. The van der Waals surface area contributed by atoms with Crippen LogP contribution in [0.3, 0.4) is 0 Å². The minimum atomic E-state index is 0. The third-order valence-electron chi connectivity index (χ3n) is 7.74. The van der Waals surface area contributed by atoms with Gasteiger partial charge in [0.1, 0.15) is 0 Å².